The van der Waals surface area contributed by atoms with Crippen LogP contribution < -0.4 is 11.1 Å². The Labute approximate surface area is 173 Å². The minimum Gasteiger partial charge on any atom is -0.334 e. The van der Waals surface area contributed by atoms with Gasteiger partial charge >= 0.3 is 0 Å². The summed E-state index contributed by atoms with van der Waals surface area (Å²) in [5, 5.41) is 3.89. The summed E-state index contributed by atoms with van der Waals surface area (Å²) in [6.07, 6.45) is 3.19. The van der Waals surface area contributed by atoms with Crippen LogP contribution in [0.5, 0.6) is 0 Å². The van der Waals surface area contributed by atoms with Crippen molar-refractivity contribution in [2.75, 3.05) is 0 Å². The molecule has 0 aliphatic heterocycles. The lowest BCUT2D eigenvalue weighted by Crippen LogP contribution is -2.22. The molecule has 1 aromatic carbocycles. The van der Waals surface area contributed by atoms with Crippen LogP contribution in [0.15, 0.2) is 87.2 Å². The summed E-state index contributed by atoms with van der Waals surface area (Å²) in [6.45, 7) is 0.0954. The lowest BCUT2D eigenvalue weighted by Gasteiger charge is -2.07. The van der Waals surface area contributed by atoms with Crippen molar-refractivity contribution >= 4 is 5.65 Å². The Kier molecular flexibility index (Phi) is 4.47. The molecule has 5 rings (SSSR count). The van der Waals surface area contributed by atoms with Gasteiger partial charge in [-0.2, -0.15) is 4.98 Å². The van der Waals surface area contributed by atoms with Gasteiger partial charge in [-0.15, -0.1) is 0 Å². The van der Waals surface area contributed by atoms with E-state index in [2.05, 4.69) is 15.1 Å². The first-order chi connectivity index (χ1) is 15.1. The number of nitrogens with zero attached hydrogens (tertiary/aromatic N) is 5. The maximum Gasteiger partial charge on any atom is 0.259 e. The summed E-state index contributed by atoms with van der Waals surface area (Å²) >= 11 is 0. The fourth-order valence-electron chi connectivity index (χ4n) is 3.23. The van der Waals surface area contributed by atoms with Crippen molar-refractivity contribution in [1.82, 2.24) is 24.1 Å². The van der Waals surface area contributed by atoms with Gasteiger partial charge in [0.2, 0.25) is 5.82 Å². The zero-order valence-electron chi connectivity index (χ0n) is 16.0. The summed E-state index contributed by atoms with van der Waals surface area (Å²) in [7, 11) is 0. The Bertz CT molecular complexity index is 1540. The second-order valence-corrected chi connectivity index (χ2v) is 6.83. The molecule has 4 aromatic heterocycles. The van der Waals surface area contributed by atoms with Crippen molar-refractivity contribution in [3.8, 4) is 22.8 Å². The average molecular weight is 415 g/mol. The van der Waals surface area contributed by atoms with Gasteiger partial charge < -0.3 is 9.09 Å². The average Bonchev–Trinajstić information content (AvgIpc) is 3.26. The first kappa shape index (κ1) is 18.6. The zero-order chi connectivity index (χ0) is 21.4. The van der Waals surface area contributed by atoms with Crippen LogP contribution in [-0.2, 0) is 6.54 Å². The molecule has 0 aliphatic carbocycles. The Morgan fingerprint density at radius 2 is 1.81 bits per heavy atom. The maximum absolute atomic E-state index is 13.5. The van der Waals surface area contributed by atoms with Crippen LogP contribution in [0.4, 0.5) is 4.39 Å². The molecule has 5 aromatic rings. The van der Waals surface area contributed by atoms with Crippen LogP contribution in [0.3, 0.4) is 0 Å². The molecule has 152 valence electrons. The Morgan fingerprint density at radius 3 is 2.68 bits per heavy atom. The molecule has 0 unspecified atom stereocenters. The fourth-order valence-corrected chi connectivity index (χ4v) is 3.23. The van der Waals surface area contributed by atoms with Gasteiger partial charge in [0.15, 0.2) is 0 Å². The topological polar surface area (TPSA) is 95.3 Å². The number of aromatic nitrogens is 5. The third-order valence-corrected chi connectivity index (χ3v) is 4.70. The van der Waals surface area contributed by atoms with E-state index in [1.807, 2.05) is 0 Å². The molecule has 9 heteroatoms. The number of fused-ring (bicyclic) bond motifs is 1. The van der Waals surface area contributed by atoms with E-state index in [9.17, 15) is 14.0 Å². The fraction of sp³-hybridized carbons (Fsp3) is 0.0455. The summed E-state index contributed by atoms with van der Waals surface area (Å²) in [6, 6.07) is 15.4. The molecule has 8 nitrogen and oxygen atoms in total. The molecule has 0 atom stereocenters. The van der Waals surface area contributed by atoms with Crippen LogP contribution in [-0.4, -0.2) is 24.1 Å². The van der Waals surface area contributed by atoms with E-state index in [-0.39, 0.29) is 29.4 Å². The van der Waals surface area contributed by atoms with Crippen molar-refractivity contribution in [1.29, 1.82) is 0 Å². The maximum atomic E-state index is 13.5. The molecule has 0 saturated carbocycles. The van der Waals surface area contributed by atoms with E-state index >= 15 is 0 Å². The molecular formula is C22H14FN5O3. The summed E-state index contributed by atoms with van der Waals surface area (Å²) in [5.41, 5.74) is 1.41. The van der Waals surface area contributed by atoms with Crippen LogP contribution in [0, 0.1) is 5.82 Å². The molecule has 0 bridgehead atoms. The molecule has 0 amide bonds. The quantitative estimate of drug-likeness (QED) is 0.448. The van der Waals surface area contributed by atoms with Crippen molar-refractivity contribution in [2.24, 2.45) is 0 Å². The molecule has 0 spiro atoms. The minimum absolute atomic E-state index is 0.0954. The van der Waals surface area contributed by atoms with Gasteiger partial charge in [0.25, 0.3) is 17.0 Å². The van der Waals surface area contributed by atoms with Gasteiger partial charge in [-0.3, -0.25) is 14.0 Å². The van der Waals surface area contributed by atoms with Crippen LogP contribution in [0.25, 0.3) is 28.5 Å². The smallest absolute Gasteiger partial charge is 0.259 e. The largest absolute Gasteiger partial charge is 0.334 e. The Morgan fingerprint density at radius 1 is 0.903 bits per heavy atom. The Balaban J connectivity index is 1.49. The normalized spacial score (nSPS) is 11.1. The lowest BCUT2D eigenvalue weighted by molar-refractivity contribution is 0.432. The number of hydrogen-bond acceptors (Lipinski definition) is 6. The second kappa shape index (κ2) is 7.45. The van der Waals surface area contributed by atoms with E-state index in [1.165, 1.54) is 33.2 Å². The lowest BCUT2D eigenvalue weighted by atomic mass is 10.2. The molecule has 0 saturated heterocycles. The molecule has 31 heavy (non-hydrogen) atoms. The van der Waals surface area contributed by atoms with Crippen LogP contribution in [0.1, 0.15) is 5.69 Å². The van der Waals surface area contributed by atoms with Crippen molar-refractivity contribution in [3.05, 3.63) is 105 Å². The molecular weight excluding hydrogens is 401 g/mol. The predicted octanol–water partition coefficient (Wildman–Crippen LogP) is 2.76. The molecule has 0 aliphatic rings. The van der Waals surface area contributed by atoms with Crippen molar-refractivity contribution in [2.45, 2.75) is 6.54 Å². The van der Waals surface area contributed by atoms with E-state index in [0.717, 1.165) is 0 Å². The van der Waals surface area contributed by atoms with Gasteiger partial charge in [0.05, 0.1) is 17.8 Å². The molecule has 0 N–H and O–H groups in total. The first-order valence-electron chi connectivity index (χ1n) is 9.35. The predicted molar refractivity (Wildman–Crippen MR) is 110 cm³/mol. The minimum atomic E-state index is -0.406. The van der Waals surface area contributed by atoms with E-state index < -0.39 is 5.82 Å². The SMILES string of the molecule is O=c1ccc(-c2nc(-c3cccc(F)c3)no2)cn1Cc1cc(=O)n2ccccc2n1. The number of halogens is 1. The molecule has 0 fully saturated rings. The second-order valence-electron chi connectivity index (χ2n) is 6.83. The highest BCUT2D eigenvalue weighted by atomic mass is 19.1. The standard InChI is InChI=1S/C22H14FN5O3/c23-16-5-3-4-14(10-16)21-25-22(31-26-21)15-7-8-19(29)27(12-15)13-17-11-20(30)28-9-2-1-6-18(28)24-17/h1-12H,13H2. The number of pyridine rings is 2. The molecule has 4 heterocycles. The monoisotopic (exact) mass is 415 g/mol. The van der Waals surface area contributed by atoms with Gasteiger partial charge in [0, 0.05) is 30.1 Å². The summed E-state index contributed by atoms with van der Waals surface area (Å²) < 4.78 is 21.6. The van der Waals surface area contributed by atoms with Crippen LogP contribution >= 0.6 is 0 Å². The first-order valence-corrected chi connectivity index (χ1v) is 9.35. The summed E-state index contributed by atoms with van der Waals surface area (Å²) in [4.78, 5) is 33.4. The van der Waals surface area contributed by atoms with Crippen molar-refractivity contribution in [3.63, 3.8) is 0 Å². The molecule has 0 radical (unpaired) electrons. The van der Waals surface area contributed by atoms with Crippen molar-refractivity contribution < 1.29 is 8.91 Å². The van der Waals surface area contributed by atoms with E-state index in [1.54, 1.807) is 48.8 Å². The third-order valence-electron chi connectivity index (χ3n) is 4.70. The van der Waals surface area contributed by atoms with Gasteiger partial charge in [0.1, 0.15) is 11.5 Å². The van der Waals surface area contributed by atoms with Gasteiger partial charge in [-0.1, -0.05) is 23.4 Å². The number of benzene rings is 1. The van der Waals surface area contributed by atoms with E-state index in [0.29, 0.717) is 22.5 Å². The van der Waals surface area contributed by atoms with Gasteiger partial charge in [-0.05, 0) is 30.3 Å². The highest BCUT2D eigenvalue weighted by Crippen LogP contribution is 2.22. The zero-order valence-corrected chi connectivity index (χ0v) is 16.0. The highest BCUT2D eigenvalue weighted by Gasteiger charge is 2.13. The summed E-state index contributed by atoms with van der Waals surface area (Å²) in [5.74, 6) is 0.00668. The van der Waals surface area contributed by atoms with Gasteiger partial charge in [-0.25, -0.2) is 9.37 Å². The number of rotatable bonds is 4. The van der Waals surface area contributed by atoms with Crippen LogP contribution in [0.2, 0.25) is 0 Å². The highest BCUT2D eigenvalue weighted by molar-refractivity contribution is 5.59. The van der Waals surface area contributed by atoms with E-state index in [4.69, 9.17) is 4.52 Å². The third kappa shape index (κ3) is 3.64. The Hall–Kier alpha value is -4.40. The number of hydrogen-bond donors (Lipinski definition) is 0.